The molecule has 3 fully saturated rings. The highest BCUT2D eigenvalue weighted by molar-refractivity contribution is 7.09. The Bertz CT molecular complexity index is 531. The molecular weight excluding hydrogens is 308 g/mol. The summed E-state index contributed by atoms with van der Waals surface area (Å²) in [6.45, 7) is 8.17. The zero-order valence-corrected chi connectivity index (χ0v) is 14.9. The Kier molecular flexibility index (Phi) is 4.72. The molecule has 4 nitrogen and oxygen atoms in total. The van der Waals surface area contributed by atoms with Crippen molar-refractivity contribution in [2.24, 2.45) is 11.3 Å². The van der Waals surface area contributed by atoms with E-state index in [2.05, 4.69) is 16.8 Å². The maximum Gasteiger partial charge on any atom is 0.0798 e. The van der Waals surface area contributed by atoms with Gasteiger partial charge in [0.05, 0.1) is 23.9 Å². The van der Waals surface area contributed by atoms with Gasteiger partial charge in [0.15, 0.2) is 0 Å². The fourth-order valence-electron chi connectivity index (χ4n) is 4.12. The van der Waals surface area contributed by atoms with Gasteiger partial charge in [0.2, 0.25) is 0 Å². The Morgan fingerprint density at radius 3 is 3.13 bits per heavy atom. The van der Waals surface area contributed by atoms with E-state index in [0.717, 1.165) is 51.8 Å². The fraction of sp³-hybridized carbons (Fsp3) is 0.833. The zero-order valence-electron chi connectivity index (χ0n) is 14.1. The molecule has 2 atom stereocenters. The van der Waals surface area contributed by atoms with Crippen molar-refractivity contribution in [1.29, 1.82) is 0 Å². The van der Waals surface area contributed by atoms with Crippen LogP contribution in [0.15, 0.2) is 5.51 Å². The third kappa shape index (κ3) is 3.63. The minimum absolute atomic E-state index is 0.212. The lowest BCUT2D eigenvalue weighted by atomic mass is 9.73. The van der Waals surface area contributed by atoms with E-state index in [4.69, 9.17) is 9.47 Å². The highest BCUT2D eigenvalue weighted by Crippen LogP contribution is 2.41. The van der Waals surface area contributed by atoms with Crippen molar-refractivity contribution in [3.63, 3.8) is 0 Å². The number of aromatic nitrogens is 1. The van der Waals surface area contributed by atoms with Gasteiger partial charge < -0.3 is 9.47 Å². The topological polar surface area (TPSA) is 34.6 Å². The summed E-state index contributed by atoms with van der Waals surface area (Å²) in [6, 6.07) is 0. The van der Waals surface area contributed by atoms with Crippen molar-refractivity contribution >= 4 is 11.3 Å². The zero-order chi connectivity index (χ0) is 15.7. The molecule has 2 unspecified atom stereocenters. The van der Waals surface area contributed by atoms with Crippen molar-refractivity contribution in [3.05, 3.63) is 16.1 Å². The van der Waals surface area contributed by atoms with Gasteiger partial charge >= 0.3 is 0 Å². The van der Waals surface area contributed by atoms with Crippen LogP contribution in [-0.2, 0) is 16.0 Å². The summed E-state index contributed by atoms with van der Waals surface area (Å²) in [5, 5.41) is 0. The molecule has 0 radical (unpaired) electrons. The van der Waals surface area contributed by atoms with Crippen LogP contribution in [-0.4, -0.2) is 48.9 Å². The number of aryl methyl sites for hydroxylation is 1. The Morgan fingerprint density at radius 1 is 1.43 bits per heavy atom. The molecule has 0 amide bonds. The second-order valence-electron chi connectivity index (χ2n) is 7.64. The Morgan fingerprint density at radius 2 is 2.35 bits per heavy atom. The first kappa shape index (κ1) is 16.0. The number of likely N-dealkylation sites (tertiary alicyclic amines) is 1. The Balaban J connectivity index is 1.42. The summed E-state index contributed by atoms with van der Waals surface area (Å²) in [5.74, 6) is 0.842. The van der Waals surface area contributed by atoms with E-state index >= 15 is 0 Å². The Labute approximate surface area is 143 Å². The van der Waals surface area contributed by atoms with Crippen molar-refractivity contribution in [2.45, 2.75) is 51.7 Å². The molecule has 1 saturated carbocycles. The lowest BCUT2D eigenvalue weighted by Crippen LogP contribution is -2.56. The third-order valence-corrected chi connectivity index (χ3v) is 6.64. The van der Waals surface area contributed by atoms with Crippen LogP contribution in [0.1, 0.15) is 42.7 Å². The number of piperidine rings is 1. The Hall–Kier alpha value is -0.490. The maximum absolute atomic E-state index is 6.15. The second kappa shape index (κ2) is 6.79. The van der Waals surface area contributed by atoms with Gasteiger partial charge in [-0.1, -0.05) is 0 Å². The number of hydrogen-bond acceptors (Lipinski definition) is 5. The van der Waals surface area contributed by atoms with Gasteiger partial charge in [0.25, 0.3) is 0 Å². The van der Waals surface area contributed by atoms with Crippen molar-refractivity contribution < 1.29 is 9.47 Å². The van der Waals surface area contributed by atoms with Crippen LogP contribution in [0.3, 0.4) is 0 Å². The van der Waals surface area contributed by atoms with E-state index in [0.29, 0.717) is 6.10 Å². The summed E-state index contributed by atoms with van der Waals surface area (Å²) in [5.41, 5.74) is 3.37. The summed E-state index contributed by atoms with van der Waals surface area (Å²) in [6.07, 6.45) is 6.70. The lowest BCUT2D eigenvalue weighted by molar-refractivity contribution is -0.154. The third-order valence-electron chi connectivity index (χ3n) is 5.72. The summed E-state index contributed by atoms with van der Waals surface area (Å²) in [7, 11) is 0. The molecule has 0 aromatic carbocycles. The predicted octanol–water partition coefficient (Wildman–Crippen LogP) is 3.25. The highest BCUT2D eigenvalue weighted by atomic mass is 32.1. The summed E-state index contributed by atoms with van der Waals surface area (Å²) < 4.78 is 12.3. The van der Waals surface area contributed by atoms with Gasteiger partial charge in [0, 0.05) is 43.1 Å². The van der Waals surface area contributed by atoms with Crippen LogP contribution < -0.4 is 0 Å². The monoisotopic (exact) mass is 336 g/mol. The van der Waals surface area contributed by atoms with E-state index in [9.17, 15) is 0 Å². The molecular formula is C18H28N2O2S. The first-order valence-corrected chi connectivity index (χ1v) is 9.94. The second-order valence-corrected chi connectivity index (χ2v) is 8.58. The van der Waals surface area contributed by atoms with Gasteiger partial charge in [-0.25, -0.2) is 4.98 Å². The lowest BCUT2D eigenvalue weighted by Gasteiger charge is -2.50. The molecule has 128 valence electrons. The van der Waals surface area contributed by atoms with Crippen LogP contribution in [0, 0.1) is 18.3 Å². The molecule has 2 saturated heterocycles. The van der Waals surface area contributed by atoms with E-state index in [-0.39, 0.29) is 5.41 Å². The normalized spacial score (nSPS) is 32.0. The van der Waals surface area contributed by atoms with Crippen LogP contribution in [0.2, 0.25) is 0 Å². The van der Waals surface area contributed by atoms with E-state index in [1.165, 1.54) is 36.3 Å². The van der Waals surface area contributed by atoms with Gasteiger partial charge in [-0.05, 0) is 44.9 Å². The van der Waals surface area contributed by atoms with Gasteiger partial charge in [-0.2, -0.15) is 0 Å². The smallest absolute Gasteiger partial charge is 0.0798 e. The standard InChI is InChI=1S/C18H28N2O2S/c1-14-16(23-13-19-14)9-20-7-5-17-18(11-20,6-2-8-22-17)12-21-10-15-3-4-15/h13,15,17H,2-12H2,1H3. The average molecular weight is 337 g/mol. The molecule has 0 spiro atoms. The molecule has 1 aromatic heterocycles. The molecule has 23 heavy (non-hydrogen) atoms. The molecule has 0 bridgehead atoms. The van der Waals surface area contributed by atoms with E-state index in [1.54, 1.807) is 11.3 Å². The number of nitrogens with zero attached hydrogens (tertiary/aromatic N) is 2. The first-order valence-electron chi connectivity index (χ1n) is 9.06. The SMILES string of the molecule is Cc1ncsc1CN1CCC2OCCCC2(COCC2CC2)C1. The molecule has 3 aliphatic rings. The van der Waals surface area contributed by atoms with Crippen LogP contribution >= 0.6 is 11.3 Å². The van der Waals surface area contributed by atoms with Crippen molar-refractivity contribution in [2.75, 3.05) is 32.9 Å². The first-order chi connectivity index (χ1) is 11.3. The average Bonchev–Trinajstić information content (AvgIpc) is 3.30. The molecule has 1 aromatic rings. The van der Waals surface area contributed by atoms with Gasteiger partial charge in [-0.15, -0.1) is 11.3 Å². The fourth-order valence-corrected chi connectivity index (χ4v) is 4.94. The van der Waals surface area contributed by atoms with Crippen molar-refractivity contribution in [3.8, 4) is 0 Å². The van der Waals surface area contributed by atoms with E-state index < -0.39 is 0 Å². The summed E-state index contributed by atoms with van der Waals surface area (Å²) >= 11 is 1.79. The molecule has 0 N–H and O–H groups in total. The quantitative estimate of drug-likeness (QED) is 0.799. The highest BCUT2D eigenvalue weighted by Gasteiger charge is 2.46. The number of ether oxygens (including phenoxy) is 2. The maximum atomic E-state index is 6.15. The molecule has 2 aliphatic heterocycles. The van der Waals surface area contributed by atoms with Crippen molar-refractivity contribution in [1.82, 2.24) is 9.88 Å². The number of rotatable bonds is 6. The summed E-state index contributed by atoms with van der Waals surface area (Å²) in [4.78, 5) is 8.41. The van der Waals surface area contributed by atoms with Crippen LogP contribution in [0.5, 0.6) is 0 Å². The molecule has 5 heteroatoms. The van der Waals surface area contributed by atoms with Gasteiger partial charge in [-0.3, -0.25) is 4.90 Å². The van der Waals surface area contributed by atoms with Gasteiger partial charge in [0.1, 0.15) is 0 Å². The molecule has 3 heterocycles. The molecule has 1 aliphatic carbocycles. The predicted molar refractivity (Wildman–Crippen MR) is 91.7 cm³/mol. The van der Waals surface area contributed by atoms with Crippen LogP contribution in [0.4, 0.5) is 0 Å². The molecule has 4 rings (SSSR count). The number of hydrogen-bond donors (Lipinski definition) is 0. The minimum Gasteiger partial charge on any atom is -0.380 e. The minimum atomic E-state index is 0.212. The van der Waals surface area contributed by atoms with Crippen LogP contribution in [0.25, 0.3) is 0 Å². The van der Waals surface area contributed by atoms with E-state index in [1.807, 2.05) is 5.51 Å². The number of fused-ring (bicyclic) bond motifs is 1. The largest absolute Gasteiger partial charge is 0.380 e. The number of thiazole rings is 1.